The van der Waals surface area contributed by atoms with Gasteiger partial charge in [0.05, 0.1) is 12.1 Å². The number of halogens is 2. The first kappa shape index (κ1) is 28.0. The molecule has 1 heterocycles. The maximum atomic E-state index is 13.7. The SMILES string of the molecule is CC(C)C(NC(=O)[C@H]1N[C@H](CC(C)(C)C)[C@@](C#N)(c2ccc(Cl)cc2)[C@@H]1c1cccc(Cl)c1)C(=O)O. The van der Waals surface area contributed by atoms with E-state index < -0.39 is 41.3 Å². The highest BCUT2D eigenvalue weighted by molar-refractivity contribution is 6.30. The van der Waals surface area contributed by atoms with Crippen molar-refractivity contribution in [2.75, 3.05) is 0 Å². The number of nitrogens with zero attached hydrogens (tertiary/aromatic N) is 1. The number of hydrogen-bond donors (Lipinski definition) is 3. The van der Waals surface area contributed by atoms with Gasteiger partial charge in [0.15, 0.2) is 0 Å². The number of carbonyl (C=O) groups is 2. The van der Waals surface area contributed by atoms with E-state index in [4.69, 9.17) is 23.2 Å². The van der Waals surface area contributed by atoms with Gasteiger partial charge in [-0.25, -0.2) is 4.79 Å². The summed E-state index contributed by atoms with van der Waals surface area (Å²) in [6.07, 6.45) is 0.594. The molecule has 1 unspecified atom stereocenters. The third kappa shape index (κ3) is 5.70. The zero-order chi connectivity index (χ0) is 26.8. The molecule has 0 bridgehead atoms. The molecule has 0 radical (unpaired) electrons. The summed E-state index contributed by atoms with van der Waals surface area (Å²) in [5.74, 6) is -2.53. The fraction of sp³-hybridized carbons (Fsp3) is 0.464. The molecular formula is C28H33Cl2N3O3. The Hall–Kier alpha value is -2.59. The average molecular weight is 530 g/mol. The van der Waals surface area contributed by atoms with Crippen molar-refractivity contribution >= 4 is 35.1 Å². The van der Waals surface area contributed by atoms with Gasteiger partial charge in [-0.15, -0.1) is 0 Å². The lowest BCUT2D eigenvalue weighted by Gasteiger charge is -2.37. The Labute approximate surface area is 223 Å². The molecule has 0 spiro atoms. The number of benzene rings is 2. The van der Waals surface area contributed by atoms with E-state index in [1.807, 2.05) is 18.2 Å². The lowest BCUT2D eigenvalue weighted by Crippen LogP contribution is -2.52. The highest BCUT2D eigenvalue weighted by Gasteiger charge is 2.59. The second kappa shape index (κ2) is 10.8. The van der Waals surface area contributed by atoms with Gasteiger partial charge < -0.3 is 15.7 Å². The van der Waals surface area contributed by atoms with Crippen molar-refractivity contribution in [2.24, 2.45) is 11.3 Å². The largest absolute Gasteiger partial charge is 0.480 e. The number of amides is 1. The van der Waals surface area contributed by atoms with Crippen molar-refractivity contribution in [3.63, 3.8) is 0 Å². The van der Waals surface area contributed by atoms with E-state index in [2.05, 4.69) is 37.5 Å². The molecule has 0 aliphatic carbocycles. The first-order chi connectivity index (χ1) is 16.8. The number of carboxylic acid groups (broad SMARTS) is 1. The molecule has 1 aliphatic rings. The highest BCUT2D eigenvalue weighted by atomic mass is 35.5. The maximum absolute atomic E-state index is 13.7. The minimum absolute atomic E-state index is 0.169. The summed E-state index contributed by atoms with van der Waals surface area (Å²) in [5.41, 5.74) is 0.133. The van der Waals surface area contributed by atoms with Crippen LogP contribution in [0.4, 0.5) is 0 Å². The lowest BCUT2D eigenvalue weighted by molar-refractivity contribution is -0.143. The summed E-state index contributed by atoms with van der Waals surface area (Å²) in [7, 11) is 0. The van der Waals surface area contributed by atoms with Crippen LogP contribution in [-0.4, -0.2) is 35.1 Å². The van der Waals surface area contributed by atoms with E-state index in [-0.39, 0.29) is 11.3 Å². The van der Waals surface area contributed by atoms with E-state index in [1.165, 1.54) is 0 Å². The van der Waals surface area contributed by atoms with Gasteiger partial charge in [0.1, 0.15) is 11.5 Å². The summed E-state index contributed by atoms with van der Waals surface area (Å²) in [4.78, 5) is 25.6. The van der Waals surface area contributed by atoms with Crippen LogP contribution in [0, 0.1) is 22.7 Å². The topological polar surface area (TPSA) is 102 Å². The van der Waals surface area contributed by atoms with Gasteiger partial charge in [-0.1, -0.05) is 82.1 Å². The maximum Gasteiger partial charge on any atom is 0.326 e. The van der Waals surface area contributed by atoms with Crippen molar-refractivity contribution in [1.82, 2.24) is 10.6 Å². The van der Waals surface area contributed by atoms with E-state index in [0.29, 0.717) is 16.5 Å². The Morgan fingerprint density at radius 2 is 1.78 bits per heavy atom. The Balaban J connectivity index is 2.24. The third-order valence-electron chi connectivity index (χ3n) is 6.80. The number of carbonyl (C=O) groups excluding carboxylic acids is 1. The molecule has 1 amide bonds. The van der Waals surface area contributed by atoms with Gasteiger partial charge >= 0.3 is 5.97 Å². The molecule has 1 saturated heterocycles. The molecule has 5 atom stereocenters. The summed E-state index contributed by atoms with van der Waals surface area (Å²) in [6, 6.07) is 14.6. The molecule has 3 N–H and O–H groups in total. The fourth-order valence-electron chi connectivity index (χ4n) is 5.21. The van der Waals surface area contributed by atoms with Crippen molar-refractivity contribution < 1.29 is 14.7 Å². The zero-order valence-corrected chi connectivity index (χ0v) is 22.7. The minimum Gasteiger partial charge on any atom is -0.480 e. The number of hydrogen-bond acceptors (Lipinski definition) is 4. The Morgan fingerprint density at radius 1 is 1.14 bits per heavy atom. The first-order valence-electron chi connectivity index (χ1n) is 12.0. The molecule has 1 aliphatic heterocycles. The predicted molar refractivity (Wildman–Crippen MR) is 142 cm³/mol. The van der Waals surface area contributed by atoms with Gasteiger partial charge in [0.2, 0.25) is 5.91 Å². The number of carboxylic acids is 1. The predicted octanol–water partition coefficient (Wildman–Crippen LogP) is 5.54. The van der Waals surface area contributed by atoms with Crippen LogP contribution in [0.3, 0.4) is 0 Å². The highest BCUT2D eigenvalue weighted by Crippen LogP contribution is 2.51. The number of nitriles is 1. The molecule has 36 heavy (non-hydrogen) atoms. The normalized spacial score (nSPS) is 24.8. The molecule has 2 aromatic carbocycles. The first-order valence-corrected chi connectivity index (χ1v) is 12.8. The van der Waals surface area contributed by atoms with Gasteiger partial charge in [-0.3, -0.25) is 4.79 Å². The van der Waals surface area contributed by atoms with Crippen molar-refractivity contribution in [1.29, 1.82) is 5.26 Å². The van der Waals surface area contributed by atoms with Crippen molar-refractivity contribution in [3.8, 4) is 6.07 Å². The van der Waals surface area contributed by atoms with E-state index in [1.54, 1.807) is 44.2 Å². The summed E-state index contributed by atoms with van der Waals surface area (Å²) >= 11 is 12.5. The Kier molecular flexibility index (Phi) is 8.40. The van der Waals surface area contributed by atoms with Gasteiger partial charge in [-0.2, -0.15) is 5.26 Å². The van der Waals surface area contributed by atoms with Crippen LogP contribution in [-0.2, 0) is 15.0 Å². The second-order valence-corrected chi connectivity index (χ2v) is 11.9. The van der Waals surface area contributed by atoms with Gasteiger partial charge in [-0.05, 0) is 53.1 Å². The molecule has 3 rings (SSSR count). The molecule has 0 aromatic heterocycles. The van der Waals surface area contributed by atoms with E-state index in [9.17, 15) is 20.0 Å². The van der Waals surface area contributed by atoms with Crippen LogP contribution in [0.2, 0.25) is 10.0 Å². The van der Waals surface area contributed by atoms with Crippen LogP contribution in [0.15, 0.2) is 48.5 Å². The summed E-state index contributed by atoms with van der Waals surface area (Å²) in [5, 5.41) is 27.8. The van der Waals surface area contributed by atoms with E-state index >= 15 is 0 Å². The van der Waals surface area contributed by atoms with E-state index in [0.717, 1.165) is 11.1 Å². The molecule has 192 valence electrons. The lowest BCUT2D eigenvalue weighted by atomic mass is 9.63. The smallest absolute Gasteiger partial charge is 0.326 e. The number of rotatable bonds is 7. The van der Waals surface area contributed by atoms with Crippen LogP contribution >= 0.6 is 23.2 Å². The average Bonchev–Trinajstić information content (AvgIpc) is 3.10. The monoisotopic (exact) mass is 529 g/mol. The Morgan fingerprint density at radius 3 is 2.28 bits per heavy atom. The molecule has 8 heteroatoms. The standard InChI is InChI=1S/C28H33Cl2N3O3/c1-16(2)23(26(35)36)33-25(34)24-22(17-7-6-8-20(30)13-17)28(15-31,18-9-11-19(29)12-10-18)21(32-24)14-27(3,4)5/h6-13,16,21-24,32H,14H2,1-5H3,(H,33,34)(H,35,36)/t21-,22-,23?,24+,28-/m1/s1. The van der Waals surface area contributed by atoms with Gasteiger partial charge in [0, 0.05) is 22.0 Å². The summed E-state index contributed by atoms with van der Waals surface area (Å²) in [6.45, 7) is 9.73. The quantitative estimate of drug-likeness (QED) is 0.436. The van der Waals surface area contributed by atoms with Crippen LogP contribution in [0.5, 0.6) is 0 Å². The number of nitrogens with one attached hydrogen (secondary N) is 2. The van der Waals surface area contributed by atoms with Crippen molar-refractivity contribution in [2.45, 2.75) is 70.5 Å². The summed E-state index contributed by atoms with van der Waals surface area (Å²) < 4.78 is 0. The van der Waals surface area contributed by atoms with Crippen LogP contribution in [0.1, 0.15) is 58.1 Å². The zero-order valence-electron chi connectivity index (χ0n) is 21.2. The number of aliphatic carboxylic acids is 1. The Bertz CT molecular complexity index is 1150. The molecule has 0 saturated carbocycles. The second-order valence-electron chi connectivity index (χ2n) is 11.1. The molecule has 2 aromatic rings. The minimum atomic E-state index is -1.15. The molecule has 1 fully saturated rings. The fourth-order valence-corrected chi connectivity index (χ4v) is 5.54. The third-order valence-corrected chi connectivity index (χ3v) is 7.29. The van der Waals surface area contributed by atoms with Crippen molar-refractivity contribution in [3.05, 3.63) is 69.7 Å². The molecule has 6 nitrogen and oxygen atoms in total. The van der Waals surface area contributed by atoms with Crippen LogP contribution in [0.25, 0.3) is 0 Å². The van der Waals surface area contributed by atoms with Gasteiger partial charge in [0.25, 0.3) is 0 Å². The molecular weight excluding hydrogens is 497 g/mol. The van der Waals surface area contributed by atoms with Crippen LogP contribution < -0.4 is 10.6 Å².